The molecule has 1 aromatic heterocycles. The highest BCUT2D eigenvalue weighted by molar-refractivity contribution is 5.32. The Bertz CT molecular complexity index is 512. The van der Waals surface area contributed by atoms with Crippen molar-refractivity contribution in [2.75, 3.05) is 14.2 Å². The molecule has 96 valence electrons. The summed E-state index contributed by atoms with van der Waals surface area (Å²) in [7, 11) is 3.22. The molecule has 2 rings (SSSR count). The van der Waals surface area contributed by atoms with Gasteiger partial charge in [-0.2, -0.15) is 5.10 Å². The highest BCUT2D eigenvalue weighted by Gasteiger charge is 2.14. The van der Waals surface area contributed by atoms with Gasteiger partial charge in [-0.15, -0.1) is 0 Å². The second-order valence-electron chi connectivity index (χ2n) is 3.83. The Balaban J connectivity index is 2.20. The standard InChI is InChI=1S/C12H16N4O2/c1-17-7-10-14-12(16-15-10)11(13)8-4-3-5-9(6-8)18-2/h3-6,11H,7,13H2,1-2H3,(H,14,15,16)/t11-/m0/s1. The van der Waals surface area contributed by atoms with Crippen LogP contribution >= 0.6 is 0 Å². The smallest absolute Gasteiger partial charge is 0.171 e. The lowest BCUT2D eigenvalue weighted by Crippen LogP contribution is -2.13. The predicted molar refractivity (Wildman–Crippen MR) is 66.1 cm³/mol. The van der Waals surface area contributed by atoms with Gasteiger partial charge < -0.3 is 15.2 Å². The number of nitrogens with one attached hydrogen (secondary N) is 1. The number of aromatic amines is 1. The molecule has 0 saturated heterocycles. The third kappa shape index (κ3) is 2.66. The van der Waals surface area contributed by atoms with Gasteiger partial charge in [-0.05, 0) is 17.7 Å². The minimum Gasteiger partial charge on any atom is -0.497 e. The molecular weight excluding hydrogens is 232 g/mol. The molecule has 0 aliphatic carbocycles. The van der Waals surface area contributed by atoms with Gasteiger partial charge in [0.05, 0.1) is 13.2 Å². The molecule has 0 aliphatic rings. The van der Waals surface area contributed by atoms with E-state index in [2.05, 4.69) is 15.2 Å². The minimum absolute atomic E-state index is 0.387. The fraction of sp³-hybridized carbons (Fsp3) is 0.333. The highest BCUT2D eigenvalue weighted by atomic mass is 16.5. The Kier molecular flexibility index (Phi) is 3.91. The maximum Gasteiger partial charge on any atom is 0.171 e. The van der Waals surface area contributed by atoms with Crippen LogP contribution in [0.25, 0.3) is 0 Å². The zero-order valence-corrected chi connectivity index (χ0v) is 10.4. The zero-order chi connectivity index (χ0) is 13.0. The molecule has 0 bridgehead atoms. The zero-order valence-electron chi connectivity index (χ0n) is 10.4. The van der Waals surface area contributed by atoms with Crippen molar-refractivity contribution >= 4 is 0 Å². The van der Waals surface area contributed by atoms with Crippen LogP contribution in [0.15, 0.2) is 24.3 Å². The molecule has 0 fully saturated rings. The van der Waals surface area contributed by atoms with Crippen LogP contribution in [-0.4, -0.2) is 29.4 Å². The number of aromatic nitrogens is 3. The van der Waals surface area contributed by atoms with Crippen molar-refractivity contribution in [1.29, 1.82) is 0 Å². The Labute approximate surface area is 105 Å². The molecule has 1 atom stereocenters. The lowest BCUT2D eigenvalue weighted by atomic mass is 10.1. The Morgan fingerprint density at radius 1 is 1.39 bits per heavy atom. The largest absolute Gasteiger partial charge is 0.497 e. The Hall–Kier alpha value is -1.92. The summed E-state index contributed by atoms with van der Waals surface area (Å²) in [4.78, 5) is 4.27. The second kappa shape index (κ2) is 5.61. The number of benzene rings is 1. The normalized spacial score (nSPS) is 12.4. The average Bonchev–Trinajstić information content (AvgIpc) is 2.87. The number of ether oxygens (including phenoxy) is 2. The van der Waals surface area contributed by atoms with E-state index in [4.69, 9.17) is 15.2 Å². The van der Waals surface area contributed by atoms with Gasteiger partial charge >= 0.3 is 0 Å². The van der Waals surface area contributed by atoms with Crippen LogP contribution in [0.2, 0.25) is 0 Å². The second-order valence-corrected chi connectivity index (χ2v) is 3.83. The number of hydrogen-bond acceptors (Lipinski definition) is 5. The van der Waals surface area contributed by atoms with Crippen molar-refractivity contribution in [2.24, 2.45) is 5.73 Å². The van der Waals surface area contributed by atoms with E-state index >= 15 is 0 Å². The number of hydrogen-bond donors (Lipinski definition) is 2. The van der Waals surface area contributed by atoms with Crippen molar-refractivity contribution in [3.05, 3.63) is 41.5 Å². The van der Waals surface area contributed by atoms with Crippen molar-refractivity contribution < 1.29 is 9.47 Å². The quantitative estimate of drug-likeness (QED) is 0.824. The molecule has 18 heavy (non-hydrogen) atoms. The molecule has 0 spiro atoms. The molecule has 0 unspecified atom stereocenters. The van der Waals surface area contributed by atoms with Crippen LogP contribution in [0.4, 0.5) is 0 Å². The van der Waals surface area contributed by atoms with Crippen molar-refractivity contribution in [1.82, 2.24) is 15.2 Å². The topological polar surface area (TPSA) is 86.1 Å². The van der Waals surface area contributed by atoms with E-state index in [-0.39, 0.29) is 6.04 Å². The molecule has 0 saturated carbocycles. The summed E-state index contributed by atoms with van der Waals surface area (Å²) in [6.07, 6.45) is 0. The van der Waals surface area contributed by atoms with E-state index in [0.29, 0.717) is 18.3 Å². The van der Waals surface area contributed by atoms with Crippen LogP contribution in [0.5, 0.6) is 5.75 Å². The first-order valence-corrected chi connectivity index (χ1v) is 5.54. The molecule has 0 amide bonds. The van der Waals surface area contributed by atoms with Crippen molar-refractivity contribution in [2.45, 2.75) is 12.6 Å². The van der Waals surface area contributed by atoms with Crippen LogP contribution in [0, 0.1) is 0 Å². The molecule has 2 aromatic rings. The van der Waals surface area contributed by atoms with Gasteiger partial charge in [0.2, 0.25) is 0 Å². The summed E-state index contributed by atoms with van der Waals surface area (Å²) in [5, 5.41) is 6.87. The lowest BCUT2D eigenvalue weighted by molar-refractivity contribution is 0.178. The summed E-state index contributed by atoms with van der Waals surface area (Å²) in [5.74, 6) is 1.96. The molecule has 1 heterocycles. The lowest BCUT2D eigenvalue weighted by Gasteiger charge is -2.09. The molecule has 6 heteroatoms. The number of nitrogens with zero attached hydrogens (tertiary/aromatic N) is 2. The van der Waals surface area contributed by atoms with E-state index in [1.807, 2.05) is 24.3 Å². The first-order chi connectivity index (χ1) is 8.74. The van der Waals surface area contributed by atoms with Crippen molar-refractivity contribution in [3.8, 4) is 5.75 Å². The number of methoxy groups -OCH3 is 2. The van der Waals surface area contributed by atoms with Crippen LogP contribution in [0.3, 0.4) is 0 Å². The summed E-state index contributed by atoms with van der Waals surface area (Å²) in [5.41, 5.74) is 7.01. The van der Waals surface area contributed by atoms with Gasteiger partial charge in [0, 0.05) is 7.11 Å². The van der Waals surface area contributed by atoms with E-state index in [9.17, 15) is 0 Å². The molecule has 6 nitrogen and oxygen atoms in total. The van der Waals surface area contributed by atoms with Gasteiger partial charge in [-0.25, -0.2) is 4.98 Å². The summed E-state index contributed by atoms with van der Waals surface area (Å²) >= 11 is 0. The molecule has 1 aromatic carbocycles. The predicted octanol–water partition coefficient (Wildman–Crippen LogP) is 1.01. The third-order valence-electron chi connectivity index (χ3n) is 2.56. The Morgan fingerprint density at radius 2 is 2.22 bits per heavy atom. The fourth-order valence-corrected chi connectivity index (χ4v) is 1.63. The van der Waals surface area contributed by atoms with Gasteiger partial charge in [-0.1, -0.05) is 12.1 Å². The van der Waals surface area contributed by atoms with Crippen LogP contribution in [-0.2, 0) is 11.3 Å². The first-order valence-electron chi connectivity index (χ1n) is 5.54. The summed E-state index contributed by atoms with van der Waals surface area (Å²) in [6.45, 7) is 0.387. The van der Waals surface area contributed by atoms with Gasteiger partial charge in [0.1, 0.15) is 12.4 Å². The van der Waals surface area contributed by atoms with Crippen molar-refractivity contribution in [3.63, 3.8) is 0 Å². The minimum atomic E-state index is -0.387. The number of H-pyrrole nitrogens is 1. The number of nitrogens with two attached hydrogens (primary N) is 1. The molecule has 0 radical (unpaired) electrons. The summed E-state index contributed by atoms with van der Waals surface area (Å²) in [6, 6.07) is 7.15. The van der Waals surface area contributed by atoms with Crippen LogP contribution < -0.4 is 10.5 Å². The molecular formula is C12H16N4O2. The van der Waals surface area contributed by atoms with Gasteiger partial charge in [0.15, 0.2) is 11.6 Å². The van der Waals surface area contributed by atoms with E-state index in [1.165, 1.54) is 0 Å². The molecule has 3 N–H and O–H groups in total. The Morgan fingerprint density at radius 3 is 2.94 bits per heavy atom. The third-order valence-corrected chi connectivity index (χ3v) is 2.56. The first kappa shape index (κ1) is 12.5. The van der Waals surface area contributed by atoms with E-state index in [0.717, 1.165) is 11.3 Å². The van der Waals surface area contributed by atoms with E-state index in [1.54, 1.807) is 14.2 Å². The molecule has 0 aliphatic heterocycles. The fourth-order valence-electron chi connectivity index (χ4n) is 1.63. The maximum atomic E-state index is 6.11. The average molecular weight is 248 g/mol. The number of rotatable bonds is 5. The maximum absolute atomic E-state index is 6.11. The SMILES string of the molecule is COCc1nc([C@@H](N)c2cccc(OC)c2)n[nH]1. The van der Waals surface area contributed by atoms with Gasteiger partial charge in [0.25, 0.3) is 0 Å². The monoisotopic (exact) mass is 248 g/mol. The van der Waals surface area contributed by atoms with Gasteiger partial charge in [-0.3, -0.25) is 5.10 Å². The summed E-state index contributed by atoms with van der Waals surface area (Å²) < 4.78 is 10.1. The highest BCUT2D eigenvalue weighted by Crippen LogP contribution is 2.20. The van der Waals surface area contributed by atoms with Crippen LogP contribution in [0.1, 0.15) is 23.3 Å². The van der Waals surface area contributed by atoms with E-state index < -0.39 is 0 Å².